The highest BCUT2D eigenvalue weighted by atomic mass is 32.2. The van der Waals surface area contributed by atoms with Gasteiger partial charge in [-0.25, -0.2) is 13.2 Å². The van der Waals surface area contributed by atoms with Gasteiger partial charge in [-0.05, 0) is 56.1 Å². The van der Waals surface area contributed by atoms with Crippen LogP contribution in [0.2, 0.25) is 0 Å². The molecule has 1 fully saturated rings. The molecule has 0 radical (unpaired) electrons. The van der Waals surface area contributed by atoms with Gasteiger partial charge in [0.05, 0.1) is 23.3 Å². The normalized spacial score (nSPS) is 15.2. The molecule has 1 N–H and O–H groups in total. The van der Waals surface area contributed by atoms with Crippen LogP contribution in [0.25, 0.3) is 0 Å². The highest BCUT2D eigenvalue weighted by Crippen LogP contribution is 2.27. The Bertz CT molecular complexity index is 998. The second-order valence-electron chi connectivity index (χ2n) is 7.94. The van der Waals surface area contributed by atoms with Crippen LogP contribution in [0.1, 0.15) is 53.6 Å². The second-order valence-corrected chi connectivity index (χ2v) is 9.59. The lowest BCUT2D eigenvalue weighted by Crippen LogP contribution is -2.33. The summed E-state index contributed by atoms with van der Waals surface area (Å²) < 4.78 is 33.7. The monoisotopic (exact) mass is 430 g/mol. The summed E-state index contributed by atoms with van der Waals surface area (Å²) in [7, 11) is -0.494. The number of esters is 1. The molecule has 0 saturated heterocycles. The van der Waals surface area contributed by atoms with E-state index >= 15 is 0 Å². The summed E-state index contributed by atoms with van der Waals surface area (Å²) in [6.07, 6.45) is 6.16. The highest BCUT2D eigenvalue weighted by molar-refractivity contribution is 7.92. The average molecular weight is 431 g/mol. The SMILES string of the molecule is COC(=O)c1ccc(C)c(S(=O)(=O)Nc2ccccc2CN(C)C2CCCCC2)c1. The summed E-state index contributed by atoms with van der Waals surface area (Å²) in [5, 5.41) is 0. The Morgan fingerprint density at radius 3 is 2.53 bits per heavy atom. The molecule has 0 bridgehead atoms. The van der Waals surface area contributed by atoms with Crippen molar-refractivity contribution in [3.63, 3.8) is 0 Å². The fourth-order valence-electron chi connectivity index (χ4n) is 4.01. The Hall–Kier alpha value is -2.38. The quantitative estimate of drug-likeness (QED) is 0.661. The molecule has 162 valence electrons. The number of para-hydroxylation sites is 1. The molecule has 1 aliphatic rings. The molecule has 1 saturated carbocycles. The molecule has 2 aromatic rings. The van der Waals surface area contributed by atoms with Gasteiger partial charge in [0, 0.05) is 12.6 Å². The van der Waals surface area contributed by atoms with Gasteiger partial charge in [0.15, 0.2) is 0 Å². The van der Waals surface area contributed by atoms with Crippen molar-refractivity contribution in [2.45, 2.75) is 56.5 Å². The maximum absolute atomic E-state index is 13.1. The third-order valence-corrected chi connectivity index (χ3v) is 7.29. The molecule has 0 unspecified atom stereocenters. The van der Waals surface area contributed by atoms with Crippen LogP contribution in [-0.2, 0) is 21.3 Å². The number of methoxy groups -OCH3 is 1. The van der Waals surface area contributed by atoms with Crippen LogP contribution in [0, 0.1) is 6.92 Å². The van der Waals surface area contributed by atoms with Gasteiger partial charge in [-0.3, -0.25) is 9.62 Å². The topological polar surface area (TPSA) is 75.7 Å². The number of nitrogens with one attached hydrogen (secondary N) is 1. The van der Waals surface area contributed by atoms with Gasteiger partial charge in [0.1, 0.15) is 0 Å². The van der Waals surface area contributed by atoms with Crippen molar-refractivity contribution in [1.82, 2.24) is 4.90 Å². The lowest BCUT2D eigenvalue weighted by molar-refractivity contribution is 0.0600. The van der Waals surface area contributed by atoms with Crippen LogP contribution >= 0.6 is 0 Å². The van der Waals surface area contributed by atoms with Gasteiger partial charge in [0.2, 0.25) is 0 Å². The van der Waals surface area contributed by atoms with Gasteiger partial charge in [0.25, 0.3) is 10.0 Å². The summed E-state index contributed by atoms with van der Waals surface area (Å²) in [6.45, 7) is 2.38. The number of benzene rings is 2. The van der Waals surface area contributed by atoms with Gasteiger partial charge >= 0.3 is 5.97 Å². The molecule has 7 heteroatoms. The number of sulfonamides is 1. The number of anilines is 1. The lowest BCUT2D eigenvalue weighted by atomic mass is 9.94. The molecule has 1 aliphatic carbocycles. The van der Waals surface area contributed by atoms with E-state index in [0.717, 1.165) is 5.56 Å². The first-order valence-corrected chi connectivity index (χ1v) is 11.8. The van der Waals surface area contributed by atoms with E-state index in [9.17, 15) is 13.2 Å². The summed E-state index contributed by atoms with van der Waals surface area (Å²) in [5.41, 5.74) is 2.25. The summed E-state index contributed by atoms with van der Waals surface area (Å²) in [4.78, 5) is 14.2. The number of aryl methyl sites for hydroxylation is 1. The van der Waals surface area contributed by atoms with E-state index in [4.69, 9.17) is 4.74 Å². The molecule has 3 rings (SSSR count). The van der Waals surface area contributed by atoms with Crippen LogP contribution in [0.15, 0.2) is 47.4 Å². The molecule has 30 heavy (non-hydrogen) atoms. The molecule has 0 atom stereocenters. The van der Waals surface area contributed by atoms with Gasteiger partial charge in [-0.1, -0.05) is 43.5 Å². The van der Waals surface area contributed by atoms with E-state index in [-0.39, 0.29) is 10.5 Å². The molecule has 2 aromatic carbocycles. The third-order valence-electron chi connectivity index (χ3n) is 5.78. The van der Waals surface area contributed by atoms with Crippen molar-refractivity contribution in [2.24, 2.45) is 0 Å². The Kier molecular flexibility index (Phi) is 7.15. The number of rotatable bonds is 7. The van der Waals surface area contributed by atoms with Crippen molar-refractivity contribution < 1.29 is 17.9 Å². The standard InChI is InChI=1S/C23H30N2O4S/c1-17-13-14-18(23(26)29-3)15-22(17)30(27,28)24-21-12-8-7-9-19(21)16-25(2)20-10-5-4-6-11-20/h7-9,12-15,20,24H,4-6,10-11,16H2,1-3H3. The first kappa shape index (κ1) is 22.3. The second kappa shape index (κ2) is 9.62. The zero-order valence-corrected chi connectivity index (χ0v) is 18.7. The minimum absolute atomic E-state index is 0.0702. The van der Waals surface area contributed by atoms with Crippen LogP contribution in [0.5, 0.6) is 0 Å². The van der Waals surface area contributed by atoms with E-state index < -0.39 is 16.0 Å². The first-order chi connectivity index (χ1) is 14.3. The largest absolute Gasteiger partial charge is 0.465 e. The Morgan fingerprint density at radius 2 is 1.83 bits per heavy atom. The number of carbonyl (C=O) groups is 1. The van der Waals surface area contributed by atoms with Gasteiger partial charge < -0.3 is 4.74 Å². The maximum atomic E-state index is 13.1. The molecule has 0 aliphatic heterocycles. The first-order valence-electron chi connectivity index (χ1n) is 10.3. The summed E-state index contributed by atoms with van der Waals surface area (Å²) >= 11 is 0. The van der Waals surface area contributed by atoms with Crippen LogP contribution < -0.4 is 4.72 Å². The number of hydrogen-bond donors (Lipinski definition) is 1. The van der Waals surface area contributed by atoms with Crippen LogP contribution in [0.3, 0.4) is 0 Å². The fraction of sp³-hybridized carbons (Fsp3) is 0.435. The predicted octanol–water partition coefficient (Wildman–Crippen LogP) is 4.35. The minimum atomic E-state index is -3.87. The van der Waals surface area contributed by atoms with Crippen molar-refractivity contribution in [1.29, 1.82) is 0 Å². The van der Waals surface area contributed by atoms with Crippen molar-refractivity contribution in [2.75, 3.05) is 18.9 Å². The molecule has 0 heterocycles. The number of carbonyl (C=O) groups excluding carboxylic acids is 1. The minimum Gasteiger partial charge on any atom is -0.465 e. The average Bonchev–Trinajstić information content (AvgIpc) is 2.75. The van der Waals surface area contributed by atoms with Crippen molar-refractivity contribution >= 4 is 21.7 Å². The Labute approximate surface area is 179 Å². The zero-order valence-electron chi connectivity index (χ0n) is 17.8. The number of hydrogen-bond acceptors (Lipinski definition) is 5. The number of ether oxygens (including phenoxy) is 1. The maximum Gasteiger partial charge on any atom is 0.337 e. The summed E-state index contributed by atoms with van der Waals surface area (Å²) in [5.74, 6) is -0.569. The highest BCUT2D eigenvalue weighted by Gasteiger charge is 2.22. The molecule has 0 spiro atoms. The lowest BCUT2D eigenvalue weighted by Gasteiger charge is -2.31. The van der Waals surface area contributed by atoms with E-state index in [1.165, 1.54) is 45.3 Å². The van der Waals surface area contributed by atoms with E-state index in [2.05, 4.69) is 16.7 Å². The fourth-order valence-corrected chi connectivity index (χ4v) is 5.38. The van der Waals surface area contributed by atoms with E-state index in [1.807, 2.05) is 18.2 Å². The van der Waals surface area contributed by atoms with Crippen LogP contribution in [-0.4, -0.2) is 39.5 Å². The smallest absolute Gasteiger partial charge is 0.337 e. The molecular formula is C23H30N2O4S. The third kappa shape index (κ3) is 5.21. The predicted molar refractivity (Wildman–Crippen MR) is 118 cm³/mol. The Balaban J connectivity index is 1.85. The molecule has 6 nitrogen and oxygen atoms in total. The van der Waals surface area contributed by atoms with Gasteiger partial charge in [-0.2, -0.15) is 0 Å². The van der Waals surface area contributed by atoms with Crippen molar-refractivity contribution in [3.05, 3.63) is 59.2 Å². The van der Waals surface area contributed by atoms with E-state index in [1.54, 1.807) is 25.1 Å². The molecular weight excluding hydrogens is 400 g/mol. The van der Waals surface area contributed by atoms with Crippen molar-refractivity contribution in [3.8, 4) is 0 Å². The molecule has 0 aromatic heterocycles. The molecule has 0 amide bonds. The van der Waals surface area contributed by atoms with Gasteiger partial charge in [-0.15, -0.1) is 0 Å². The zero-order chi connectivity index (χ0) is 21.7. The van der Waals surface area contributed by atoms with Crippen LogP contribution in [0.4, 0.5) is 5.69 Å². The Morgan fingerprint density at radius 1 is 1.13 bits per heavy atom. The van der Waals surface area contributed by atoms with E-state index in [0.29, 0.717) is 23.8 Å². The number of nitrogens with zero attached hydrogens (tertiary/aromatic N) is 1. The summed E-state index contributed by atoms with van der Waals surface area (Å²) in [6, 6.07) is 12.5.